The fraction of sp³-hybridized carbons (Fsp3) is 0.500. The largest absolute Gasteiger partial charge is 0.500 e. The molecular weight excluding hydrogens is 166 g/mol. The Morgan fingerprint density at radius 2 is 2.00 bits per heavy atom. The van der Waals surface area contributed by atoms with Gasteiger partial charge in [-0.25, -0.2) is 0 Å². The van der Waals surface area contributed by atoms with Crippen LogP contribution in [0.15, 0.2) is 24.1 Å². The average molecular weight is 183 g/mol. The molecule has 0 saturated carbocycles. The van der Waals surface area contributed by atoms with E-state index < -0.39 is 0 Å². The van der Waals surface area contributed by atoms with Gasteiger partial charge < -0.3 is 10.1 Å². The van der Waals surface area contributed by atoms with Gasteiger partial charge >= 0.3 is 0 Å². The highest BCUT2D eigenvalue weighted by Crippen LogP contribution is 2.25. The number of nitrogens with one attached hydrogen (secondary N) is 1. The second kappa shape index (κ2) is 4.70. The molecule has 0 aliphatic rings. The van der Waals surface area contributed by atoms with Crippen LogP contribution in [0.25, 0.3) is 0 Å². The molecule has 0 aromatic heterocycles. The molecule has 0 aromatic carbocycles. The molecule has 0 radical (unpaired) electrons. The molecule has 0 aromatic rings. The predicted octanol–water partition coefficient (Wildman–Crippen LogP) is 1.82. The maximum Gasteiger partial charge on any atom is 0.211 e. The number of rotatable bonds is 4. The summed E-state index contributed by atoms with van der Waals surface area (Å²) in [4.78, 5) is 10.1. The second-order valence-corrected chi connectivity index (χ2v) is 3.75. The highest BCUT2D eigenvalue weighted by molar-refractivity contribution is 5.51. The summed E-state index contributed by atoms with van der Waals surface area (Å²) in [6, 6.07) is 0. The van der Waals surface area contributed by atoms with Crippen LogP contribution in [0.5, 0.6) is 0 Å². The maximum atomic E-state index is 10.1. The minimum atomic E-state index is -0.0811. The summed E-state index contributed by atoms with van der Waals surface area (Å²) < 4.78 is 5.18. The summed E-state index contributed by atoms with van der Waals surface area (Å²) in [5.74, 6) is 0.784. The number of hydrogen-bond acceptors (Lipinski definition) is 2. The molecule has 0 saturated heterocycles. The van der Waals surface area contributed by atoms with Crippen LogP contribution in [-0.2, 0) is 9.53 Å². The standard InChI is InChI=1S/C10H17NO2/c1-8(11-7-12)6-9(13-5)10(2,3)4/h6-7H,1H2,2-5H3,(H,11,12)/b9-6-. The zero-order valence-corrected chi connectivity index (χ0v) is 8.68. The van der Waals surface area contributed by atoms with Crippen molar-refractivity contribution in [1.29, 1.82) is 0 Å². The number of allylic oxidation sites excluding steroid dienone is 2. The van der Waals surface area contributed by atoms with E-state index in [9.17, 15) is 4.79 Å². The molecule has 74 valence electrons. The molecular formula is C10H17NO2. The Labute approximate surface area is 79.5 Å². The van der Waals surface area contributed by atoms with E-state index in [2.05, 4.69) is 11.9 Å². The minimum absolute atomic E-state index is 0.0811. The van der Waals surface area contributed by atoms with Crippen molar-refractivity contribution in [1.82, 2.24) is 5.32 Å². The van der Waals surface area contributed by atoms with Gasteiger partial charge in [0.2, 0.25) is 6.41 Å². The molecule has 0 atom stereocenters. The van der Waals surface area contributed by atoms with Crippen LogP contribution in [0, 0.1) is 5.41 Å². The Morgan fingerprint density at radius 3 is 2.31 bits per heavy atom. The monoisotopic (exact) mass is 183 g/mol. The van der Waals surface area contributed by atoms with Crippen molar-refractivity contribution >= 4 is 6.41 Å². The molecule has 3 heteroatoms. The second-order valence-electron chi connectivity index (χ2n) is 3.75. The zero-order valence-electron chi connectivity index (χ0n) is 8.68. The van der Waals surface area contributed by atoms with E-state index in [0.717, 1.165) is 5.76 Å². The van der Waals surface area contributed by atoms with E-state index in [4.69, 9.17) is 4.74 Å². The van der Waals surface area contributed by atoms with Crippen LogP contribution < -0.4 is 5.32 Å². The van der Waals surface area contributed by atoms with E-state index in [1.165, 1.54) is 0 Å². The van der Waals surface area contributed by atoms with Crippen LogP contribution >= 0.6 is 0 Å². The molecule has 0 heterocycles. The lowest BCUT2D eigenvalue weighted by Gasteiger charge is -2.21. The lowest BCUT2D eigenvalue weighted by Crippen LogP contribution is -2.14. The summed E-state index contributed by atoms with van der Waals surface area (Å²) in [6.07, 6.45) is 2.31. The van der Waals surface area contributed by atoms with Gasteiger partial charge in [-0.15, -0.1) is 0 Å². The smallest absolute Gasteiger partial charge is 0.211 e. The van der Waals surface area contributed by atoms with Crippen LogP contribution in [0.3, 0.4) is 0 Å². The van der Waals surface area contributed by atoms with E-state index in [1.807, 2.05) is 20.8 Å². The van der Waals surface area contributed by atoms with E-state index >= 15 is 0 Å². The summed E-state index contributed by atoms with van der Waals surface area (Å²) in [5.41, 5.74) is 0.448. The average Bonchev–Trinajstić information content (AvgIpc) is 1.98. The van der Waals surface area contributed by atoms with Gasteiger partial charge in [0.1, 0.15) is 5.76 Å². The number of carbonyl (C=O) groups is 1. The van der Waals surface area contributed by atoms with Gasteiger partial charge in [0.05, 0.1) is 7.11 Å². The fourth-order valence-corrected chi connectivity index (χ4v) is 0.857. The Bertz CT molecular complexity index is 224. The number of methoxy groups -OCH3 is 1. The Balaban J connectivity index is 4.57. The van der Waals surface area contributed by atoms with Crippen molar-refractivity contribution in [2.75, 3.05) is 7.11 Å². The summed E-state index contributed by atoms with van der Waals surface area (Å²) in [7, 11) is 1.60. The number of carbonyl (C=O) groups excluding carboxylic acids is 1. The van der Waals surface area contributed by atoms with Crippen LogP contribution in [0.1, 0.15) is 20.8 Å². The topological polar surface area (TPSA) is 38.3 Å². The first-order valence-electron chi connectivity index (χ1n) is 4.07. The zero-order chi connectivity index (χ0) is 10.5. The molecule has 0 aliphatic heterocycles. The van der Waals surface area contributed by atoms with Gasteiger partial charge in [0.25, 0.3) is 0 Å². The Hall–Kier alpha value is -1.25. The third-order valence-electron chi connectivity index (χ3n) is 1.51. The van der Waals surface area contributed by atoms with Crippen molar-refractivity contribution in [2.24, 2.45) is 5.41 Å². The number of amides is 1. The Morgan fingerprint density at radius 1 is 1.46 bits per heavy atom. The lowest BCUT2D eigenvalue weighted by atomic mass is 9.93. The molecule has 0 spiro atoms. The van der Waals surface area contributed by atoms with Gasteiger partial charge in [-0.1, -0.05) is 27.4 Å². The Kier molecular flexibility index (Phi) is 4.25. The molecule has 1 amide bonds. The predicted molar refractivity (Wildman–Crippen MR) is 52.9 cm³/mol. The van der Waals surface area contributed by atoms with Crippen molar-refractivity contribution in [3.8, 4) is 0 Å². The minimum Gasteiger partial charge on any atom is -0.500 e. The first kappa shape index (κ1) is 11.8. The molecule has 13 heavy (non-hydrogen) atoms. The van der Waals surface area contributed by atoms with Gasteiger partial charge in [-0.3, -0.25) is 4.79 Å². The normalized spacial score (nSPS) is 12.2. The van der Waals surface area contributed by atoms with Crippen molar-refractivity contribution in [3.05, 3.63) is 24.1 Å². The first-order valence-corrected chi connectivity index (χ1v) is 4.07. The van der Waals surface area contributed by atoms with Crippen LogP contribution in [0.4, 0.5) is 0 Å². The van der Waals surface area contributed by atoms with E-state index in [-0.39, 0.29) is 5.41 Å². The van der Waals surface area contributed by atoms with Crippen LogP contribution in [0.2, 0.25) is 0 Å². The van der Waals surface area contributed by atoms with Gasteiger partial charge in [0, 0.05) is 11.1 Å². The summed E-state index contributed by atoms with van der Waals surface area (Å²) >= 11 is 0. The van der Waals surface area contributed by atoms with Gasteiger partial charge in [0.15, 0.2) is 0 Å². The number of ether oxygens (including phenoxy) is 1. The number of hydrogen-bond donors (Lipinski definition) is 1. The van der Waals surface area contributed by atoms with Crippen molar-refractivity contribution in [3.63, 3.8) is 0 Å². The third kappa shape index (κ3) is 4.35. The molecule has 1 N–H and O–H groups in total. The SMILES string of the molecule is C=C(/C=C(\OC)C(C)(C)C)NC=O. The molecule has 0 aliphatic carbocycles. The van der Waals surface area contributed by atoms with Crippen LogP contribution in [-0.4, -0.2) is 13.5 Å². The van der Waals surface area contributed by atoms with Crippen molar-refractivity contribution < 1.29 is 9.53 Å². The summed E-state index contributed by atoms with van der Waals surface area (Å²) in [5, 5.41) is 2.45. The first-order chi connectivity index (χ1) is 5.91. The highest BCUT2D eigenvalue weighted by Gasteiger charge is 2.17. The van der Waals surface area contributed by atoms with Gasteiger partial charge in [-0.2, -0.15) is 0 Å². The highest BCUT2D eigenvalue weighted by atomic mass is 16.5. The van der Waals surface area contributed by atoms with Gasteiger partial charge in [-0.05, 0) is 6.08 Å². The molecule has 3 nitrogen and oxygen atoms in total. The molecule has 0 fully saturated rings. The lowest BCUT2D eigenvalue weighted by molar-refractivity contribution is -0.108. The molecule has 0 unspecified atom stereocenters. The maximum absolute atomic E-state index is 10.1. The fourth-order valence-electron chi connectivity index (χ4n) is 0.857. The molecule has 0 bridgehead atoms. The quantitative estimate of drug-likeness (QED) is 0.410. The third-order valence-corrected chi connectivity index (χ3v) is 1.51. The van der Waals surface area contributed by atoms with E-state index in [0.29, 0.717) is 12.1 Å². The summed E-state index contributed by atoms with van der Waals surface area (Å²) in [6.45, 7) is 9.72. The van der Waals surface area contributed by atoms with E-state index in [1.54, 1.807) is 13.2 Å². The molecule has 0 rings (SSSR count). The van der Waals surface area contributed by atoms with Crippen molar-refractivity contribution in [2.45, 2.75) is 20.8 Å².